The first-order valence-corrected chi connectivity index (χ1v) is 6.10. The van der Waals surface area contributed by atoms with Crippen molar-refractivity contribution in [3.05, 3.63) is 59.7 Å². The summed E-state index contributed by atoms with van der Waals surface area (Å²) in [5, 5.41) is 18.8. The van der Waals surface area contributed by atoms with Crippen molar-refractivity contribution in [2.45, 2.75) is 38.9 Å². The molecule has 0 aliphatic heterocycles. The van der Waals surface area contributed by atoms with E-state index in [0.29, 0.717) is 0 Å². The molecule has 0 heterocycles. The summed E-state index contributed by atoms with van der Waals surface area (Å²) >= 11 is 0. The fourth-order valence-corrected chi connectivity index (χ4v) is 1.56. The van der Waals surface area contributed by atoms with E-state index in [0.717, 1.165) is 11.1 Å². The van der Waals surface area contributed by atoms with Crippen LogP contribution in [-0.2, 0) is 28.3 Å². The van der Waals surface area contributed by atoms with E-state index in [2.05, 4.69) is 0 Å². The molecular formula is C16H22FeO2. The summed E-state index contributed by atoms with van der Waals surface area (Å²) in [4.78, 5) is 0. The molecule has 0 aliphatic carbocycles. The Hall–Kier alpha value is -0.861. The molecule has 2 nitrogen and oxygen atoms in total. The largest absolute Gasteiger partial charge is 2.00 e. The molecule has 0 fully saturated rings. The Morgan fingerprint density at radius 2 is 1.11 bits per heavy atom. The zero-order chi connectivity index (χ0) is 13.8. The average Bonchev–Trinajstić information content (AvgIpc) is 2.91. The maximum Gasteiger partial charge on any atom is 2.00 e. The topological polar surface area (TPSA) is 40.5 Å². The Labute approximate surface area is 126 Å². The molecule has 2 aromatic carbocycles. The molecule has 2 N–H and O–H groups in total. The summed E-state index contributed by atoms with van der Waals surface area (Å²) in [5.74, 6) is 0. The van der Waals surface area contributed by atoms with Crippen LogP contribution in [0.3, 0.4) is 0 Å². The molecule has 0 radical (unpaired) electrons. The van der Waals surface area contributed by atoms with Crippen molar-refractivity contribution in [2.75, 3.05) is 0 Å². The van der Waals surface area contributed by atoms with Crippen LogP contribution in [0.5, 0.6) is 0 Å². The van der Waals surface area contributed by atoms with Gasteiger partial charge in [0.2, 0.25) is 0 Å². The van der Waals surface area contributed by atoms with Crippen molar-refractivity contribution >= 4 is 0 Å². The second kappa shape index (κ2) is 7.06. The van der Waals surface area contributed by atoms with Crippen molar-refractivity contribution in [1.29, 1.82) is 0 Å². The van der Waals surface area contributed by atoms with Crippen LogP contribution in [0.2, 0.25) is 0 Å². The number of rotatable bonds is 2. The van der Waals surface area contributed by atoms with Crippen molar-refractivity contribution < 1.29 is 27.3 Å². The summed E-state index contributed by atoms with van der Waals surface area (Å²) in [7, 11) is 0. The van der Waals surface area contributed by atoms with Gasteiger partial charge in [0.05, 0.1) is 11.2 Å². The second-order valence-corrected chi connectivity index (χ2v) is 5.47. The van der Waals surface area contributed by atoms with E-state index >= 15 is 0 Å². The normalized spacial score (nSPS) is 11.3. The first-order chi connectivity index (χ1) is 8.21. The van der Waals surface area contributed by atoms with Gasteiger partial charge < -0.3 is 10.2 Å². The van der Waals surface area contributed by atoms with E-state index in [1.165, 1.54) is 0 Å². The zero-order valence-electron chi connectivity index (χ0n) is 11.9. The molecule has 0 aromatic heterocycles. The second-order valence-electron chi connectivity index (χ2n) is 5.47. The summed E-state index contributed by atoms with van der Waals surface area (Å²) in [6.07, 6.45) is 0. The van der Waals surface area contributed by atoms with Crippen molar-refractivity contribution in [3.8, 4) is 0 Å². The minimum Gasteiger partial charge on any atom is -0.388 e. The third kappa shape index (κ3) is 6.22. The Morgan fingerprint density at radius 3 is 1.21 bits per heavy atom. The van der Waals surface area contributed by atoms with Gasteiger partial charge in [-0.3, -0.25) is 0 Å². The van der Waals surface area contributed by atoms with Gasteiger partial charge in [-0.25, -0.2) is 24.3 Å². The van der Waals surface area contributed by atoms with Crippen molar-refractivity contribution in [2.24, 2.45) is 0 Å². The summed E-state index contributed by atoms with van der Waals surface area (Å²) in [6.45, 7) is 7.12. The molecule has 0 aliphatic rings. The van der Waals surface area contributed by atoms with E-state index in [4.69, 9.17) is 0 Å². The first kappa shape index (κ1) is 18.1. The maximum absolute atomic E-state index is 9.38. The number of hydrogen-bond donors (Lipinski definition) is 2. The standard InChI is InChI=1S/2C8H11O.Fe/c2*1-8(2,9)7-5-3-4-6-7;/h2*3-6,9H,1-2H3;/q2*-1;+2. The Balaban J connectivity index is 0.000000324. The molecule has 0 unspecified atom stereocenters. The molecule has 106 valence electrons. The zero-order valence-corrected chi connectivity index (χ0v) is 13.0. The van der Waals surface area contributed by atoms with Crippen LogP contribution in [0.25, 0.3) is 0 Å². The smallest absolute Gasteiger partial charge is 0.388 e. The van der Waals surface area contributed by atoms with Gasteiger partial charge in [-0.1, -0.05) is 0 Å². The van der Waals surface area contributed by atoms with Gasteiger partial charge in [0, 0.05) is 0 Å². The predicted molar refractivity (Wildman–Crippen MR) is 74.6 cm³/mol. The van der Waals surface area contributed by atoms with Gasteiger partial charge >= 0.3 is 17.1 Å². The van der Waals surface area contributed by atoms with Gasteiger partial charge in [0.1, 0.15) is 0 Å². The van der Waals surface area contributed by atoms with Crippen LogP contribution in [0, 0.1) is 0 Å². The molecule has 0 atom stereocenters. The number of hydrogen-bond acceptors (Lipinski definition) is 2. The Morgan fingerprint density at radius 1 is 0.789 bits per heavy atom. The Kier molecular flexibility index (Phi) is 6.74. The van der Waals surface area contributed by atoms with E-state index < -0.39 is 11.2 Å². The van der Waals surface area contributed by atoms with Gasteiger partial charge in [-0.15, -0.1) is 11.1 Å². The van der Waals surface area contributed by atoms with E-state index in [1.807, 2.05) is 48.5 Å². The first-order valence-electron chi connectivity index (χ1n) is 6.10. The molecule has 0 saturated carbocycles. The quantitative estimate of drug-likeness (QED) is 0.660. The number of aliphatic hydroxyl groups is 2. The fraction of sp³-hybridized carbons (Fsp3) is 0.375. The molecule has 2 aromatic rings. The third-order valence-electron chi connectivity index (χ3n) is 2.74. The average molecular weight is 302 g/mol. The third-order valence-corrected chi connectivity index (χ3v) is 2.74. The molecule has 0 saturated heterocycles. The van der Waals surface area contributed by atoms with Crippen LogP contribution in [0.4, 0.5) is 0 Å². The van der Waals surface area contributed by atoms with E-state index in [-0.39, 0.29) is 17.1 Å². The van der Waals surface area contributed by atoms with Gasteiger partial charge in [-0.05, 0) is 27.7 Å². The van der Waals surface area contributed by atoms with Crippen LogP contribution in [0.15, 0.2) is 48.5 Å². The van der Waals surface area contributed by atoms with Gasteiger partial charge in [-0.2, -0.15) is 24.3 Å². The van der Waals surface area contributed by atoms with Crippen LogP contribution < -0.4 is 0 Å². The van der Waals surface area contributed by atoms with Gasteiger partial charge in [0.15, 0.2) is 0 Å². The van der Waals surface area contributed by atoms with Gasteiger partial charge in [0.25, 0.3) is 0 Å². The fourth-order valence-electron chi connectivity index (χ4n) is 1.56. The molecule has 19 heavy (non-hydrogen) atoms. The molecule has 0 amide bonds. The van der Waals surface area contributed by atoms with Crippen molar-refractivity contribution in [1.82, 2.24) is 0 Å². The monoisotopic (exact) mass is 302 g/mol. The molecular weight excluding hydrogens is 280 g/mol. The minimum atomic E-state index is -0.677. The van der Waals surface area contributed by atoms with E-state index in [1.54, 1.807) is 27.7 Å². The van der Waals surface area contributed by atoms with Crippen LogP contribution in [0.1, 0.15) is 38.8 Å². The summed E-state index contributed by atoms with van der Waals surface area (Å²) in [6, 6.07) is 15.4. The minimum absolute atomic E-state index is 0. The predicted octanol–water partition coefficient (Wildman–Crippen LogP) is 3.26. The summed E-state index contributed by atoms with van der Waals surface area (Å²) < 4.78 is 0. The molecule has 0 spiro atoms. The maximum atomic E-state index is 9.38. The molecule has 2 rings (SSSR count). The Bertz CT molecular complexity index is 384. The summed E-state index contributed by atoms with van der Waals surface area (Å²) in [5.41, 5.74) is 0.595. The van der Waals surface area contributed by atoms with Crippen LogP contribution in [-0.4, -0.2) is 10.2 Å². The van der Waals surface area contributed by atoms with E-state index in [9.17, 15) is 10.2 Å². The molecule has 3 heteroatoms. The molecule has 0 bridgehead atoms. The van der Waals surface area contributed by atoms with Crippen molar-refractivity contribution in [3.63, 3.8) is 0 Å². The SMILES string of the molecule is CC(C)(O)c1ccc[cH-]1.CC(C)(O)c1ccc[cH-]1.[Fe+2]. The van der Waals surface area contributed by atoms with Crippen LogP contribution >= 0.6 is 0 Å².